The third kappa shape index (κ3) is 21.9. The Bertz CT molecular complexity index is 1190. The van der Waals surface area contributed by atoms with E-state index in [0.29, 0.717) is 5.39 Å². The number of aryl methyl sites for hydroxylation is 2. The molecule has 2 aromatic carbocycles. The normalized spacial score (nSPS) is 12.0. The minimum absolute atomic E-state index is 0.0391. The van der Waals surface area contributed by atoms with Gasteiger partial charge in [-0.05, 0) is 54.3 Å². The van der Waals surface area contributed by atoms with Crippen molar-refractivity contribution in [3.8, 4) is 0 Å². The van der Waals surface area contributed by atoms with Crippen LogP contribution in [0.3, 0.4) is 0 Å². The molecule has 50 heavy (non-hydrogen) atoms. The Morgan fingerprint density at radius 2 is 0.720 bits per heavy atom. The lowest BCUT2D eigenvalue weighted by Gasteiger charge is -2.14. The Morgan fingerprint density at radius 1 is 0.420 bits per heavy atom. The number of fused-ring (bicyclic) bond motifs is 1. The van der Waals surface area contributed by atoms with Crippen molar-refractivity contribution in [3.63, 3.8) is 0 Å². The number of unbranched alkanes of at least 4 members (excludes halogenated alkanes) is 30. The van der Waals surface area contributed by atoms with Crippen molar-refractivity contribution >= 4 is 20.9 Å². The van der Waals surface area contributed by atoms with Crippen LogP contribution in [0.1, 0.15) is 230 Å². The van der Waals surface area contributed by atoms with E-state index in [4.69, 9.17) is 0 Å². The predicted molar refractivity (Wildman–Crippen MR) is 220 cm³/mol. The maximum absolute atomic E-state index is 12.2. The van der Waals surface area contributed by atoms with Gasteiger partial charge in [0, 0.05) is 5.39 Å². The molecular formula is C46H80O3S. The number of hydrogen-bond acceptors (Lipinski definition) is 2. The largest absolute Gasteiger partial charge is 0.295 e. The fourth-order valence-electron chi connectivity index (χ4n) is 7.81. The molecule has 4 heteroatoms. The molecule has 0 amide bonds. The second kappa shape index (κ2) is 30.1. The van der Waals surface area contributed by atoms with E-state index in [1.165, 1.54) is 216 Å². The van der Waals surface area contributed by atoms with Gasteiger partial charge in [0.2, 0.25) is 0 Å². The monoisotopic (exact) mass is 713 g/mol. The fourth-order valence-corrected chi connectivity index (χ4v) is 8.51. The molecule has 0 fully saturated rings. The van der Waals surface area contributed by atoms with Gasteiger partial charge in [0.25, 0.3) is 10.1 Å². The van der Waals surface area contributed by atoms with Crippen molar-refractivity contribution < 1.29 is 13.0 Å². The molecular weight excluding hydrogens is 633 g/mol. The molecule has 0 aliphatic rings. The summed E-state index contributed by atoms with van der Waals surface area (Å²) in [4.78, 5) is 0.0391. The molecule has 0 aliphatic heterocycles. The number of benzene rings is 2. The van der Waals surface area contributed by atoms with Crippen molar-refractivity contribution in [1.82, 2.24) is 0 Å². The summed E-state index contributed by atoms with van der Waals surface area (Å²) >= 11 is 0. The number of rotatable bonds is 35. The minimum atomic E-state index is -4.26. The first-order valence-electron chi connectivity index (χ1n) is 22.0. The van der Waals surface area contributed by atoms with Crippen LogP contribution >= 0.6 is 0 Å². The van der Waals surface area contributed by atoms with Gasteiger partial charge < -0.3 is 0 Å². The van der Waals surface area contributed by atoms with Gasteiger partial charge in [-0.3, -0.25) is 4.55 Å². The van der Waals surface area contributed by atoms with Gasteiger partial charge >= 0.3 is 0 Å². The van der Waals surface area contributed by atoms with Crippen molar-refractivity contribution in [2.75, 3.05) is 0 Å². The zero-order valence-corrected chi connectivity index (χ0v) is 33.9. The molecule has 1 N–H and O–H groups in total. The molecule has 0 bridgehead atoms. The molecule has 0 unspecified atom stereocenters. The van der Waals surface area contributed by atoms with Crippen molar-refractivity contribution in [2.45, 2.75) is 237 Å². The SMILES string of the molecule is CCCCCCCCCCCCCCCCCCc1cc2cccc(S(=O)(=O)O)c2cc1CCCCCCCCCCCCCCCCCC. The highest BCUT2D eigenvalue weighted by molar-refractivity contribution is 7.86. The molecule has 288 valence electrons. The molecule has 0 atom stereocenters. The Hall–Kier alpha value is -1.39. The van der Waals surface area contributed by atoms with E-state index in [9.17, 15) is 13.0 Å². The zero-order valence-electron chi connectivity index (χ0n) is 33.1. The topological polar surface area (TPSA) is 54.4 Å². The summed E-state index contributed by atoms with van der Waals surface area (Å²) in [5, 5.41) is 1.58. The average Bonchev–Trinajstić information content (AvgIpc) is 3.10. The van der Waals surface area contributed by atoms with Crippen molar-refractivity contribution in [3.05, 3.63) is 41.5 Å². The maximum atomic E-state index is 12.2. The van der Waals surface area contributed by atoms with Crippen LogP contribution in [0.5, 0.6) is 0 Å². The highest BCUT2D eigenvalue weighted by Gasteiger charge is 2.16. The molecule has 0 radical (unpaired) electrons. The third-order valence-electron chi connectivity index (χ3n) is 11.0. The predicted octanol–water partition coefficient (Wildman–Crippen LogP) is 15.7. The second-order valence-electron chi connectivity index (χ2n) is 15.7. The van der Waals surface area contributed by atoms with Gasteiger partial charge in [-0.2, -0.15) is 8.42 Å². The molecule has 0 spiro atoms. The van der Waals surface area contributed by atoms with Gasteiger partial charge in [0.1, 0.15) is 4.90 Å². The standard InChI is InChI=1S/C46H80O3S/c1-3-5-7-9-11-13-15-17-19-21-23-25-27-29-31-33-36-42-40-44-38-35-39-46(50(47,48)49)45(44)41-43(42)37-34-32-30-28-26-24-22-20-18-16-14-12-10-8-6-4-2/h35,38-41H,3-34,36-37H2,1-2H3,(H,47,48,49). The van der Waals surface area contributed by atoms with Gasteiger partial charge in [0.05, 0.1) is 0 Å². The average molecular weight is 713 g/mol. The van der Waals surface area contributed by atoms with Gasteiger partial charge in [-0.1, -0.05) is 225 Å². The highest BCUT2D eigenvalue weighted by atomic mass is 32.2. The van der Waals surface area contributed by atoms with Crippen LogP contribution < -0.4 is 0 Å². The van der Waals surface area contributed by atoms with E-state index in [-0.39, 0.29) is 4.90 Å². The summed E-state index contributed by atoms with van der Waals surface area (Å²) in [6.45, 7) is 4.58. The van der Waals surface area contributed by atoms with Crippen LogP contribution in [0.25, 0.3) is 10.8 Å². The first-order chi connectivity index (χ1) is 24.5. The quantitative estimate of drug-likeness (QED) is 0.0572. The summed E-state index contributed by atoms with van der Waals surface area (Å²) < 4.78 is 34.2. The van der Waals surface area contributed by atoms with Crippen LogP contribution in [-0.2, 0) is 23.0 Å². The van der Waals surface area contributed by atoms with E-state index in [1.54, 1.807) is 6.07 Å². The lowest BCUT2D eigenvalue weighted by molar-refractivity contribution is 0.484. The van der Waals surface area contributed by atoms with E-state index in [0.717, 1.165) is 24.6 Å². The van der Waals surface area contributed by atoms with Crippen LogP contribution in [0.15, 0.2) is 35.2 Å². The van der Waals surface area contributed by atoms with Crippen LogP contribution in [0, 0.1) is 0 Å². The Balaban J connectivity index is 1.65. The van der Waals surface area contributed by atoms with Crippen LogP contribution in [-0.4, -0.2) is 13.0 Å². The molecule has 0 aromatic heterocycles. The molecule has 3 nitrogen and oxygen atoms in total. The van der Waals surface area contributed by atoms with Crippen LogP contribution in [0.2, 0.25) is 0 Å². The summed E-state index contributed by atoms with van der Waals surface area (Å²) in [6.07, 6.45) is 45.9. The first kappa shape index (κ1) is 44.8. The molecule has 0 saturated heterocycles. The Kier molecular flexibility index (Phi) is 27.0. The molecule has 2 rings (SSSR count). The second-order valence-corrected chi connectivity index (χ2v) is 17.1. The smallest absolute Gasteiger partial charge is 0.282 e. The third-order valence-corrected chi connectivity index (χ3v) is 11.9. The van der Waals surface area contributed by atoms with Gasteiger partial charge in [-0.25, -0.2) is 0 Å². The van der Waals surface area contributed by atoms with E-state index in [2.05, 4.69) is 26.0 Å². The highest BCUT2D eigenvalue weighted by Crippen LogP contribution is 2.29. The first-order valence-corrected chi connectivity index (χ1v) is 23.4. The summed E-state index contributed by atoms with van der Waals surface area (Å²) in [5.41, 5.74) is 2.65. The van der Waals surface area contributed by atoms with Crippen LogP contribution in [0.4, 0.5) is 0 Å². The van der Waals surface area contributed by atoms with Crippen molar-refractivity contribution in [1.29, 1.82) is 0 Å². The van der Waals surface area contributed by atoms with E-state index < -0.39 is 10.1 Å². The lowest BCUT2D eigenvalue weighted by Crippen LogP contribution is -2.02. The molecule has 2 aromatic rings. The zero-order chi connectivity index (χ0) is 36.0. The summed E-state index contributed by atoms with van der Waals surface area (Å²) in [6, 6.07) is 9.55. The molecule has 0 heterocycles. The van der Waals surface area contributed by atoms with E-state index >= 15 is 0 Å². The van der Waals surface area contributed by atoms with Crippen molar-refractivity contribution in [2.24, 2.45) is 0 Å². The molecule has 0 saturated carbocycles. The minimum Gasteiger partial charge on any atom is -0.282 e. The molecule has 0 aliphatic carbocycles. The summed E-state index contributed by atoms with van der Waals surface area (Å²) in [7, 11) is -4.26. The van der Waals surface area contributed by atoms with Gasteiger partial charge in [-0.15, -0.1) is 0 Å². The Labute approximate surface area is 311 Å². The Morgan fingerprint density at radius 3 is 1.04 bits per heavy atom. The van der Waals surface area contributed by atoms with Gasteiger partial charge in [0.15, 0.2) is 0 Å². The maximum Gasteiger partial charge on any atom is 0.295 e. The lowest BCUT2D eigenvalue weighted by atomic mass is 9.93. The van der Waals surface area contributed by atoms with E-state index in [1.807, 2.05) is 6.07 Å². The fraction of sp³-hybridized carbons (Fsp3) is 0.783. The number of hydrogen-bond donors (Lipinski definition) is 1. The summed E-state index contributed by atoms with van der Waals surface area (Å²) in [5.74, 6) is 0.